The highest BCUT2D eigenvalue weighted by Gasteiger charge is 2.21. The van der Waals surface area contributed by atoms with Gasteiger partial charge in [-0.1, -0.05) is 55.8 Å². The zero-order chi connectivity index (χ0) is 19.2. The summed E-state index contributed by atoms with van der Waals surface area (Å²) in [5, 5.41) is 14.9. The van der Waals surface area contributed by atoms with Gasteiger partial charge in [0.2, 0.25) is 0 Å². The smallest absolute Gasteiger partial charge is 0.280 e. The molecule has 0 aliphatic heterocycles. The summed E-state index contributed by atoms with van der Waals surface area (Å²) in [7, 11) is 0. The summed E-state index contributed by atoms with van der Waals surface area (Å²) in [6.07, 6.45) is 3.18. The largest absolute Gasteiger partial charge is 0.506 e. The first-order chi connectivity index (χ1) is 13.1. The molecular formula is C21H21N3O3. The molecule has 6 nitrogen and oxygen atoms in total. The molecule has 0 aliphatic rings. The van der Waals surface area contributed by atoms with Crippen LogP contribution in [-0.2, 0) is 6.54 Å². The third-order valence-electron chi connectivity index (χ3n) is 4.29. The highest BCUT2D eigenvalue weighted by atomic mass is 16.3. The fourth-order valence-electron chi connectivity index (χ4n) is 2.89. The maximum Gasteiger partial charge on any atom is 0.280 e. The molecule has 1 heterocycles. The maximum absolute atomic E-state index is 12.9. The van der Waals surface area contributed by atoms with E-state index in [0.717, 1.165) is 18.4 Å². The van der Waals surface area contributed by atoms with Crippen molar-refractivity contribution < 1.29 is 9.90 Å². The predicted octanol–water partition coefficient (Wildman–Crippen LogP) is 3.27. The SMILES string of the molecule is CCCCn1c(=O)c(C(=O)N/N=C\c2ccccc2)c(O)c2ccccc21. The molecule has 0 bridgehead atoms. The molecule has 1 aromatic heterocycles. The van der Waals surface area contributed by atoms with Gasteiger partial charge < -0.3 is 9.67 Å². The molecule has 3 aromatic rings. The number of hydrogen-bond acceptors (Lipinski definition) is 4. The third kappa shape index (κ3) is 3.89. The monoisotopic (exact) mass is 363 g/mol. The van der Waals surface area contributed by atoms with Crippen molar-refractivity contribution in [3.05, 3.63) is 76.1 Å². The summed E-state index contributed by atoms with van der Waals surface area (Å²) in [6.45, 7) is 2.50. The minimum absolute atomic E-state index is 0.296. The number of nitrogens with one attached hydrogen (secondary N) is 1. The van der Waals surface area contributed by atoms with Crippen molar-refractivity contribution in [2.24, 2.45) is 5.10 Å². The molecule has 0 saturated carbocycles. The number of carbonyl (C=O) groups excluding carboxylic acids is 1. The number of aryl methyl sites for hydroxylation is 1. The molecule has 2 N–H and O–H groups in total. The number of pyridine rings is 1. The Kier molecular flexibility index (Phi) is 5.66. The standard InChI is InChI=1S/C21H21N3O3/c1-2-3-13-24-17-12-8-7-11-16(17)19(25)18(21(24)27)20(26)23-22-14-15-9-5-4-6-10-15/h4-12,14,25H,2-3,13H2,1H3,(H,23,26)/b22-14-. The Morgan fingerprint density at radius 1 is 1.15 bits per heavy atom. The molecule has 2 aromatic carbocycles. The highest BCUT2D eigenvalue weighted by molar-refractivity contribution is 6.02. The van der Waals surface area contributed by atoms with Crippen LogP contribution in [0.2, 0.25) is 0 Å². The fraction of sp³-hybridized carbons (Fsp3) is 0.190. The Bertz CT molecular complexity index is 1040. The van der Waals surface area contributed by atoms with E-state index in [0.29, 0.717) is 17.4 Å². The van der Waals surface area contributed by atoms with Crippen LogP contribution in [0.4, 0.5) is 0 Å². The van der Waals surface area contributed by atoms with Crippen LogP contribution in [0.1, 0.15) is 35.7 Å². The third-order valence-corrected chi connectivity index (χ3v) is 4.29. The van der Waals surface area contributed by atoms with Crippen molar-refractivity contribution in [1.82, 2.24) is 9.99 Å². The average molecular weight is 363 g/mol. The number of hydrazone groups is 1. The number of aromatic hydroxyl groups is 1. The summed E-state index contributed by atoms with van der Waals surface area (Å²) in [5.41, 5.74) is 2.93. The highest BCUT2D eigenvalue weighted by Crippen LogP contribution is 2.26. The molecule has 0 unspecified atom stereocenters. The molecule has 0 radical (unpaired) electrons. The van der Waals surface area contributed by atoms with Gasteiger partial charge in [0.25, 0.3) is 11.5 Å². The number of nitrogens with zero attached hydrogens (tertiary/aromatic N) is 2. The lowest BCUT2D eigenvalue weighted by molar-refractivity contribution is 0.0950. The molecule has 0 aliphatic carbocycles. The average Bonchev–Trinajstić information content (AvgIpc) is 2.69. The van der Waals surface area contributed by atoms with E-state index in [1.54, 1.807) is 24.3 Å². The Hall–Kier alpha value is -3.41. The number of aromatic nitrogens is 1. The minimum Gasteiger partial charge on any atom is -0.506 e. The summed E-state index contributed by atoms with van der Waals surface area (Å²) in [6, 6.07) is 16.3. The first kappa shape index (κ1) is 18.4. The molecule has 0 fully saturated rings. The zero-order valence-corrected chi connectivity index (χ0v) is 15.1. The molecule has 0 atom stereocenters. The molecular weight excluding hydrogens is 342 g/mol. The predicted molar refractivity (Wildman–Crippen MR) is 106 cm³/mol. The van der Waals surface area contributed by atoms with Crippen LogP contribution >= 0.6 is 0 Å². The maximum atomic E-state index is 12.9. The van der Waals surface area contributed by atoms with Gasteiger partial charge in [-0.25, -0.2) is 5.43 Å². The van der Waals surface area contributed by atoms with E-state index in [9.17, 15) is 14.7 Å². The number of carbonyl (C=O) groups is 1. The Labute approximate surface area is 156 Å². The van der Waals surface area contributed by atoms with Crippen molar-refractivity contribution in [3.63, 3.8) is 0 Å². The van der Waals surface area contributed by atoms with E-state index in [-0.39, 0.29) is 11.3 Å². The van der Waals surface area contributed by atoms with E-state index in [1.165, 1.54) is 10.8 Å². The Morgan fingerprint density at radius 2 is 1.85 bits per heavy atom. The number of benzene rings is 2. The molecule has 27 heavy (non-hydrogen) atoms. The lowest BCUT2D eigenvalue weighted by Gasteiger charge is -2.14. The van der Waals surface area contributed by atoms with Crippen molar-refractivity contribution >= 4 is 23.0 Å². The second-order valence-corrected chi connectivity index (χ2v) is 6.16. The van der Waals surface area contributed by atoms with Crippen LogP contribution in [0.5, 0.6) is 5.75 Å². The quantitative estimate of drug-likeness (QED) is 0.521. The summed E-state index contributed by atoms with van der Waals surface area (Å²) in [5.74, 6) is -1.06. The van der Waals surface area contributed by atoms with Gasteiger partial charge in [0.15, 0.2) is 0 Å². The number of fused-ring (bicyclic) bond motifs is 1. The van der Waals surface area contributed by atoms with Crippen LogP contribution in [0.3, 0.4) is 0 Å². The van der Waals surface area contributed by atoms with Crippen LogP contribution < -0.4 is 11.0 Å². The number of hydrogen-bond donors (Lipinski definition) is 2. The van der Waals surface area contributed by atoms with Gasteiger partial charge in [-0.05, 0) is 24.1 Å². The lowest BCUT2D eigenvalue weighted by Crippen LogP contribution is -2.31. The summed E-state index contributed by atoms with van der Waals surface area (Å²) in [4.78, 5) is 25.4. The van der Waals surface area contributed by atoms with Crippen molar-refractivity contribution in [2.45, 2.75) is 26.3 Å². The van der Waals surface area contributed by atoms with Gasteiger partial charge in [0.05, 0.1) is 11.7 Å². The van der Waals surface area contributed by atoms with Crippen LogP contribution in [0.15, 0.2) is 64.5 Å². The van der Waals surface area contributed by atoms with Gasteiger partial charge in [-0.2, -0.15) is 5.10 Å². The topological polar surface area (TPSA) is 83.7 Å². The molecule has 0 spiro atoms. The van der Waals surface area contributed by atoms with Crippen molar-refractivity contribution in [1.29, 1.82) is 0 Å². The van der Waals surface area contributed by atoms with E-state index >= 15 is 0 Å². The molecule has 6 heteroatoms. The van der Waals surface area contributed by atoms with Crippen molar-refractivity contribution in [3.8, 4) is 5.75 Å². The lowest BCUT2D eigenvalue weighted by atomic mass is 10.1. The summed E-state index contributed by atoms with van der Waals surface area (Å²) < 4.78 is 1.54. The van der Waals surface area contributed by atoms with Crippen LogP contribution in [0.25, 0.3) is 10.9 Å². The van der Waals surface area contributed by atoms with Gasteiger partial charge in [0.1, 0.15) is 11.3 Å². The summed E-state index contributed by atoms with van der Waals surface area (Å²) >= 11 is 0. The number of para-hydroxylation sites is 1. The van der Waals surface area contributed by atoms with Gasteiger partial charge in [-0.3, -0.25) is 9.59 Å². The van der Waals surface area contributed by atoms with Gasteiger partial charge in [-0.15, -0.1) is 0 Å². The normalized spacial score (nSPS) is 11.1. The molecule has 3 rings (SSSR count). The molecule has 0 saturated heterocycles. The van der Waals surface area contributed by atoms with Crippen molar-refractivity contribution in [2.75, 3.05) is 0 Å². The van der Waals surface area contributed by atoms with Crippen LogP contribution in [-0.4, -0.2) is 21.8 Å². The number of amides is 1. The van der Waals surface area contributed by atoms with E-state index in [2.05, 4.69) is 10.5 Å². The van der Waals surface area contributed by atoms with E-state index in [1.807, 2.05) is 37.3 Å². The first-order valence-corrected chi connectivity index (χ1v) is 8.86. The second kappa shape index (κ2) is 8.31. The van der Waals surface area contributed by atoms with E-state index in [4.69, 9.17) is 0 Å². The number of unbranched alkanes of at least 4 members (excludes halogenated alkanes) is 1. The first-order valence-electron chi connectivity index (χ1n) is 8.86. The number of rotatable bonds is 6. The van der Waals surface area contributed by atoms with Gasteiger partial charge >= 0.3 is 0 Å². The van der Waals surface area contributed by atoms with Gasteiger partial charge in [0, 0.05) is 11.9 Å². The Morgan fingerprint density at radius 3 is 2.59 bits per heavy atom. The fourth-order valence-corrected chi connectivity index (χ4v) is 2.89. The molecule has 1 amide bonds. The minimum atomic E-state index is -0.735. The molecule has 138 valence electrons. The van der Waals surface area contributed by atoms with E-state index < -0.39 is 11.5 Å². The van der Waals surface area contributed by atoms with Crippen LogP contribution in [0, 0.1) is 0 Å². The Balaban J connectivity index is 1.99. The second-order valence-electron chi connectivity index (χ2n) is 6.16. The zero-order valence-electron chi connectivity index (χ0n) is 15.1.